The summed E-state index contributed by atoms with van der Waals surface area (Å²) in [7, 11) is 0. The number of carbonyl (C=O) groups is 3. The summed E-state index contributed by atoms with van der Waals surface area (Å²) in [5, 5.41) is 14.9. The fourth-order valence-electron chi connectivity index (χ4n) is 3.95. The van der Waals surface area contributed by atoms with Crippen LogP contribution in [0.15, 0.2) is 36.4 Å². The molecule has 1 aliphatic heterocycles. The summed E-state index contributed by atoms with van der Waals surface area (Å²) in [6, 6.07) is 10.9. The van der Waals surface area contributed by atoms with Crippen LogP contribution in [0.1, 0.15) is 30.0 Å². The van der Waals surface area contributed by atoms with Crippen molar-refractivity contribution in [1.29, 1.82) is 0 Å². The lowest BCUT2D eigenvalue weighted by molar-refractivity contribution is -0.126. The Morgan fingerprint density at radius 1 is 1.15 bits per heavy atom. The Hall–Kier alpha value is -3.39. The quantitative estimate of drug-likeness (QED) is 0.569. The van der Waals surface area contributed by atoms with Crippen LogP contribution in [0.4, 0.5) is 11.4 Å². The Morgan fingerprint density at radius 2 is 1.79 bits per heavy atom. The molecule has 33 heavy (non-hydrogen) atoms. The van der Waals surface area contributed by atoms with Crippen LogP contribution >= 0.6 is 0 Å². The molecule has 1 fully saturated rings. The van der Waals surface area contributed by atoms with Gasteiger partial charge in [-0.25, -0.2) is 0 Å². The molecule has 3 amide bonds. The third kappa shape index (κ3) is 6.32. The van der Waals surface area contributed by atoms with Gasteiger partial charge in [0.15, 0.2) is 6.61 Å². The largest absolute Gasteiger partial charge is 0.484 e. The first kappa shape index (κ1) is 24.3. The van der Waals surface area contributed by atoms with Gasteiger partial charge in [-0.15, -0.1) is 0 Å². The molecule has 1 saturated heterocycles. The second-order valence-electron chi connectivity index (χ2n) is 8.60. The number of aliphatic hydroxyl groups excluding tert-OH is 1. The molecule has 2 aromatic carbocycles. The second-order valence-corrected chi connectivity index (χ2v) is 8.60. The van der Waals surface area contributed by atoms with Gasteiger partial charge in [0.2, 0.25) is 11.8 Å². The monoisotopic (exact) mass is 453 g/mol. The third-order valence-electron chi connectivity index (χ3n) is 5.53. The first-order chi connectivity index (χ1) is 15.6. The molecule has 0 aliphatic carbocycles. The van der Waals surface area contributed by atoms with E-state index in [4.69, 9.17) is 4.74 Å². The van der Waals surface area contributed by atoms with Gasteiger partial charge < -0.3 is 25.4 Å². The smallest absolute Gasteiger partial charge is 0.262 e. The zero-order chi connectivity index (χ0) is 24.1. The molecule has 0 aromatic heterocycles. The molecular weight excluding hydrogens is 422 g/mol. The molecule has 0 spiro atoms. The zero-order valence-corrected chi connectivity index (χ0v) is 19.5. The number of ether oxygens (including phenoxy) is 1. The van der Waals surface area contributed by atoms with Crippen LogP contribution in [0, 0.1) is 26.7 Å². The maximum absolute atomic E-state index is 12.4. The number of amides is 3. The highest BCUT2D eigenvalue weighted by Gasteiger charge is 2.35. The van der Waals surface area contributed by atoms with Gasteiger partial charge in [-0.1, -0.05) is 17.7 Å². The van der Waals surface area contributed by atoms with Gasteiger partial charge in [0, 0.05) is 30.9 Å². The second kappa shape index (κ2) is 10.5. The third-order valence-corrected chi connectivity index (χ3v) is 5.53. The van der Waals surface area contributed by atoms with Crippen LogP contribution in [-0.4, -0.2) is 48.6 Å². The molecule has 176 valence electrons. The van der Waals surface area contributed by atoms with E-state index in [-0.39, 0.29) is 43.8 Å². The van der Waals surface area contributed by atoms with E-state index in [1.807, 2.05) is 32.9 Å². The lowest BCUT2D eigenvalue weighted by Gasteiger charge is -2.17. The van der Waals surface area contributed by atoms with E-state index >= 15 is 0 Å². The molecule has 3 N–H and O–H groups in total. The minimum atomic E-state index is -0.637. The lowest BCUT2D eigenvalue weighted by atomic mass is 10.1. The number of hydrogen-bond acceptors (Lipinski definition) is 5. The van der Waals surface area contributed by atoms with E-state index in [1.165, 1.54) is 0 Å². The first-order valence-corrected chi connectivity index (χ1v) is 11.0. The Morgan fingerprint density at radius 3 is 2.39 bits per heavy atom. The fraction of sp³-hybridized carbons (Fsp3) is 0.400. The molecule has 2 atom stereocenters. The summed E-state index contributed by atoms with van der Waals surface area (Å²) in [5.74, 6) is -0.579. The number of aliphatic hydroxyl groups is 1. The van der Waals surface area contributed by atoms with Crippen LogP contribution in [0.5, 0.6) is 5.75 Å². The summed E-state index contributed by atoms with van der Waals surface area (Å²) >= 11 is 0. The van der Waals surface area contributed by atoms with Gasteiger partial charge in [0.05, 0.1) is 12.0 Å². The molecule has 1 aliphatic rings. The molecule has 8 nitrogen and oxygen atoms in total. The van der Waals surface area contributed by atoms with Crippen LogP contribution in [-0.2, 0) is 14.4 Å². The average molecular weight is 454 g/mol. The number of carbonyl (C=O) groups excluding carboxylic acids is 3. The number of hydrogen-bond donors (Lipinski definition) is 3. The van der Waals surface area contributed by atoms with Crippen LogP contribution in [0.2, 0.25) is 0 Å². The van der Waals surface area contributed by atoms with E-state index in [0.29, 0.717) is 11.4 Å². The summed E-state index contributed by atoms with van der Waals surface area (Å²) in [5.41, 5.74) is 4.59. The summed E-state index contributed by atoms with van der Waals surface area (Å²) in [6.45, 7) is 7.81. The summed E-state index contributed by atoms with van der Waals surface area (Å²) in [6.07, 6.45) is -0.510. The normalized spacial score (nSPS) is 16.5. The average Bonchev–Trinajstić information content (AvgIpc) is 3.15. The number of rotatable bonds is 8. The summed E-state index contributed by atoms with van der Waals surface area (Å²) < 4.78 is 5.60. The van der Waals surface area contributed by atoms with E-state index in [9.17, 15) is 19.5 Å². The molecule has 0 unspecified atom stereocenters. The van der Waals surface area contributed by atoms with Crippen molar-refractivity contribution in [3.8, 4) is 5.75 Å². The predicted molar refractivity (Wildman–Crippen MR) is 126 cm³/mol. The molecule has 3 rings (SSSR count). The number of nitrogens with one attached hydrogen (secondary N) is 2. The highest BCUT2D eigenvalue weighted by Crippen LogP contribution is 2.27. The van der Waals surface area contributed by atoms with Crippen molar-refractivity contribution in [2.45, 2.75) is 40.2 Å². The van der Waals surface area contributed by atoms with Gasteiger partial charge in [0.1, 0.15) is 5.75 Å². The molecule has 1 heterocycles. The Bertz CT molecular complexity index is 1010. The number of anilines is 2. The van der Waals surface area contributed by atoms with Crippen molar-refractivity contribution in [3.05, 3.63) is 53.1 Å². The van der Waals surface area contributed by atoms with Crippen LogP contribution in [0.3, 0.4) is 0 Å². The molecule has 2 aromatic rings. The Kier molecular flexibility index (Phi) is 7.71. The number of nitrogens with zero attached hydrogens (tertiary/aromatic N) is 1. The van der Waals surface area contributed by atoms with Crippen LogP contribution in [0.25, 0.3) is 0 Å². The van der Waals surface area contributed by atoms with Crippen molar-refractivity contribution in [1.82, 2.24) is 5.32 Å². The van der Waals surface area contributed by atoms with Crippen molar-refractivity contribution >= 4 is 29.1 Å². The van der Waals surface area contributed by atoms with Crippen molar-refractivity contribution < 1.29 is 24.2 Å². The van der Waals surface area contributed by atoms with Crippen molar-refractivity contribution in [3.63, 3.8) is 0 Å². The molecule has 0 radical (unpaired) electrons. The number of benzene rings is 2. The predicted octanol–water partition coefficient (Wildman–Crippen LogP) is 2.48. The van der Waals surface area contributed by atoms with Crippen LogP contribution < -0.4 is 20.3 Å². The minimum Gasteiger partial charge on any atom is -0.484 e. The molecule has 0 saturated carbocycles. The highest BCUT2D eigenvalue weighted by atomic mass is 16.5. The van der Waals surface area contributed by atoms with E-state index in [0.717, 1.165) is 22.4 Å². The maximum atomic E-state index is 12.4. The van der Waals surface area contributed by atoms with Gasteiger partial charge in [0.25, 0.3) is 5.91 Å². The van der Waals surface area contributed by atoms with E-state index < -0.39 is 12.0 Å². The molecule has 8 heteroatoms. The van der Waals surface area contributed by atoms with Gasteiger partial charge in [-0.3, -0.25) is 14.4 Å². The number of aryl methyl sites for hydroxylation is 3. The zero-order valence-electron chi connectivity index (χ0n) is 19.5. The SMILES string of the molecule is Cc1cc(C)c(NC(=O)COc2ccc(N3C[C@@H](C(=O)NC[C@@H](C)O)CC3=O)cc2)c(C)c1. The van der Waals surface area contributed by atoms with E-state index in [2.05, 4.69) is 10.6 Å². The summed E-state index contributed by atoms with van der Waals surface area (Å²) in [4.78, 5) is 38.5. The molecular formula is C25H31N3O5. The Labute approximate surface area is 193 Å². The topological polar surface area (TPSA) is 108 Å². The highest BCUT2D eigenvalue weighted by molar-refractivity contribution is 6.00. The van der Waals surface area contributed by atoms with Gasteiger partial charge in [-0.2, -0.15) is 0 Å². The minimum absolute atomic E-state index is 0.127. The molecule has 0 bridgehead atoms. The van der Waals surface area contributed by atoms with Gasteiger partial charge >= 0.3 is 0 Å². The van der Waals surface area contributed by atoms with Crippen molar-refractivity contribution in [2.75, 3.05) is 29.9 Å². The van der Waals surface area contributed by atoms with E-state index in [1.54, 1.807) is 36.1 Å². The standard InChI is InChI=1S/C25H31N3O5/c1-15-9-16(2)24(17(3)10-15)27-22(30)14-33-21-7-5-20(6-8-21)28-13-19(11-23(28)31)25(32)26-12-18(4)29/h5-10,18-19,29H,11-14H2,1-4H3,(H,26,32)(H,27,30)/t18-,19+/m1/s1. The first-order valence-electron chi connectivity index (χ1n) is 11.0. The fourth-order valence-corrected chi connectivity index (χ4v) is 3.95. The van der Waals surface area contributed by atoms with Gasteiger partial charge in [-0.05, 0) is 63.1 Å². The Balaban J connectivity index is 1.54. The maximum Gasteiger partial charge on any atom is 0.262 e. The lowest BCUT2D eigenvalue weighted by Crippen LogP contribution is -2.36. The van der Waals surface area contributed by atoms with Crippen molar-refractivity contribution in [2.24, 2.45) is 5.92 Å².